The lowest BCUT2D eigenvalue weighted by atomic mass is 10.1. The molecule has 0 aromatic heterocycles. The van der Waals surface area contributed by atoms with Crippen LogP contribution in [0.3, 0.4) is 0 Å². The van der Waals surface area contributed by atoms with Gasteiger partial charge in [-0.1, -0.05) is 47.0 Å². The van der Waals surface area contributed by atoms with Gasteiger partial charge in [-0.15, -0.1) is 0 Å². The first-order chi connectivity index (χ1) is 16.2. The maximum Gasteiger partial charge on any atom is 0.266 e. The summed E-state index contributed by atoms with van der Waals surface area (Å²) in [6, 6.07) is 18.9. The molecule has 0 fully saturated rings. The summed E-state index contributed by atoms with van der Waals surface area (Å²) >= 11 is 12.0. The number of nitriles is 1. The minimum absolute atomic E-state index is 0.174. The Bertz CT molecular complexity index is 1310. The highest BCUT2D eigenvalue weighted by atomic mass is 35.5. The smallest absolute Gasteiger partial charge is 0.266 e. The molecular formula is C26H21Cl2N3O3. The highest BCUT2D eigenvalue weighted by Gasteiger charge is 2.13. The first-order valence-corrected chi connectivity index (χ1v) is 11.0. The average molecular weight is 494 g/mol. The number of benzene rings is 3. The second-order valence-corrected chi connectivity index (χ2v) is 8.34. The van der Waals surface area contributed by atoms with Crippen LogP contribution in [-0.2, 0) is 9.59 Å². The Labute approximate surface area is 207 Å². The number of carbonyl (C=O) groups is 2. The van der Waals surface area contributed by atoms with Gasteiger partial charge < -0.3 is 15.4 Å². The molecule has 0 aliphatic heterocycles. The van der Waals surface area contributed by atoms with Gasteiger partial charge in [-0.05, 0) is 68.0 Å². The second kappa shape index (κ2) is 11.4. The maximum absolute atomic E-state index is 12.6. The number of nitrogens with zero attached hydrogens (tertiary/aromatic N) is 1. The Balaban J connectivity index is 1.75. The van der Waals surface area contributed by atoms with Gasteiger partial charge in [-0.25, -0.2) is 0 Å². The van der Waals surface area contributed by atoms with Gasteiger partial charge in [0.1, 0.15) is 17.4 Å². The highest BCUT2D eigenvalue weighted by Crippen LogP contribution is 2.26. The Morgan fingerprint density at radius 1 is 1.00 bits per heavy atom. The van der Waals surface area contributed by atoms with Gasteiger partial charge >= 0.3 is 0 Å². The zero-order valence-corrected chi connectivity index (χ0v) is 20.0. The van der Waals surface area contributed by atoms with Crippen molar-refractivity contribution < 1.29 is 14.3 Å². The van der Waals surface area contributed by atoms with Crippen LogP contribution in [0.25, 0.3) is 6.08 Å². The monoisotopic (exact) mass is 493 g/mol. The maximum atomic E-state index is 12.6. The van der Waals surface area contributed by atoms with E-state index in [2.05, 4.69) is 10.6 Å². The fraction of sp³-hybridized carbons (Fsp3) is 0.115. The van der Waals surface area contributed by atoms with Crippen molar-refractivity contribution in [1.29, 1.82) is 5.26 Å². The Morgan fingerprint density at radius 2 is 1.76 bits per heavy atom. The molecule has 0 spiro atoms. The number of amides is 2. The number of rotatable bonds is 7. The third-order valence-corrected chi connectivity index (χ3v) is 5.20. The third kappa shape index (κ3) is 6.85. The van der Waals surface area contributed by atoms with Crippen LogP contribution in [0.4, 0.5) is 11.4 Å². The van der Waals surface area contributed by atoms with Crippen molar-refractivity contribution in [2.75, 3.05) is 17.2 Å². The van der Waals surface area contributed by atoms with Crippen LogP contribution in [0, 0.1) is 25.2 Å². The van der Waals surface area contributed by atoms with Crippen molar-refractivity contribution in [3.05, 3.63) is 93.0 Å². The lowest BCUT2D eigenvalue weighted by Gasteiger charge is -2.12. The van der Waals surface area contributed by atoms with E-state index >= 15 is 0 Å². The molecule has 0 aliphatic rings. The molecule has 0 atom stereocenters. The molecule has 0 radical (unpaired) electrons. The summed E-state index contributed by atoms with van der Waals surface area (Å²) in [4.78, 5) is 25.0. The van der Waals surface area contributed by atoms with Crippen LogP contribution < -0.4 is 15.4 Å². The molecule has 172 valence electrons. The topological polar surface area (TPSA) is 91.2 Å². The lowest BCUT2D eigenvalue weighted by molar-refractivity contribution is -0.118. The number of aryl methyl sites for hydroxylation is 2. The lowest BCUT2D eigenvalue weighted by Crippen LogP contribution is -2.21. The first kappa shape index (κ1) is 24.8. The molecule has 34 heavy (non-hydrogen) atoms. The molecule has 8 heteroatoms. The van der Waals surface area contributed by atoms with Gasteiger partial charge in [0.2, 0.25) is 0 Å². The molecule has 2 N–H and O–H groups in total. The van der Waals surface area contributed by atoms with Gasteiger partial charge in [0.25, 0.3) is 11.8 Å². The summed E-state index contributed by atoms with van der Waals surface area (Å²) in [6.45, 7) is 3.61. The Hall–Kier alpha value is -3.79. The Morgan fingerprint density at radius 3 is 2.47 bits per heavy atom. The van der Waals surface area contributed by atoms with Crippen molar-refractivity contribution in [1.82, 2.24) is 0 Å². The normalized spacial score (nSPS) is 10.9. The number of carbonyl (C=O) groups excluding carboxylic acids is 2. The van der Waals surface area contributed by atoms with E-state index in [-0.39, 0.29) is 18.1 Å². The highest BCUT2D eigenvalue weighted by molar-refractivity contribution is 6.31. The largest absolute Gasteiger partial charge is 0.483 e. The number of anilines is 2. The molecule has 0 unspecified atom stereocenters. The van der Waals surface area contributed by atoms with Gasteiger partial charge in [0.05, 0.1) is 0 Å². The van der Waals surface area contributed by atoms with E-state index in [1.54, 1.807) is 42.5 Å². The summed E-state index contributed by atoms with van der Waals surface area (Å²) < 4.78 is 5.68. The molecule has 6 nitrogen and oxygen atoms in total. The number of ether oxygens (including phenoxy) is 1. The molecule has 3 aromatic carbocycles. The van der Waals surface area contributed by atoms with Gasteiger partial charge in [0, 0.05) is 27.0 Å². The molecule has 0 heterocycles. The van der Waals surface area contributed by atoms with Gasteiger partial charge in [0.15, 0.2) is 6.61 Å². The van der Waals surface area contributed by atoms with Crippen molar-refractivity contribution >= 4 is 52.5 Å². The summed E-state index contributed by atoms with van der Waals surface area (Å²) in [5, 5.41) is 15.8. The fourth-order valence-electron chi connectivity index (χ4n) is 3.12. The van der Waals surface area contributed by atoms with Crippen molar-refractivity contribution in [2.24, 2.45) is 0 Å². The standard InChI is InChI=1S/C26H21Cl2N3O3/c1-16-6-8-23(17(2)10-16)31-25(32)15-34-24-9-7-21(28)12-18(24)11-19(14-29)26(33)30-22-5-3-4-20(27)13-22/h3-13H,15H2,1-2H3,(H,30,33)(H,31,32)/b19-11-. The van der Waals surface area contributed by atoms with Crippen LogP contribution in [0.5, 0.6) is 5.75 Å². The first-order valence-electron chi connectivity index (χ1n) is 10.2. The van der Waals surface area contributed by atoms with Crippen LogP contribution in [0.2, 0.25) is 10.0 Å². The predicted molar refractivity (Wildman–Crippen MR) is 135 cm³/mol. The predicted octanol–water partition coefficient (Wildman–Crippen LogP) is 6.17. The van der Waals surface area contributed by atoms with E-state index in [1.165, 1.54) is 6.08 Å². The van der Waals surface area contributed by atoms with E-state index in [1.807, 2.05) is 38.1 Å². The van der Waals surface area contributed by atoms with Gasteiger partial charge in [-0.3, -0.25) is 9.59 Å². The molecule has 0 saturated carbocycles. The summed E-state index contributed by atoms with van der Waals surface area (Å²) in [6.07, 6.45) is 1.35. The summed E-state index contributed by atoms with van der Waals surface area (Å²) in [5.74, 6) is -0.678. The summed E-state index contributed by atoms with van der Waals surface area (Å²) in [7, 11) is 0. The number of nitrogens with one attached hydrogen (secondary N) is 2. The zero-order valence-electron chi connectivity index (χ0n) is 18.5. The van der Waals surface area contributed by atoms with E-state index in [0.717, 1.165) is 11.1 Å². The molecular weight excluding hydrogens is 473 g/mol. The van der Waals surface area contributed by atoms with Crippen molar-refractivity contribution in [3.63, 3.8) is 0 Å². The summed E-state index contributed by atoms with van der Waals surface area (Å²) in [5.41, 5.74) is 3.38. The van der Waals surface area contributed by atoms with Crippen LogP contribution >= 0.6 is 23.2 Å². The number of halogens is 2. The molecule has 3 aromatic rings. The quantitative estimate of drug-likeness (QED) is 0.304. The molecule has 2 amide bonds. The molecule has 0 saturated heterocycles. The Kier molecular flexibility index (Phi) is 8.31. The minimum atomic E-state index is -0.622. The molecule has 0 bridgehead atoms. The number of hydrogen-bond donors (Lipinski definition) is 2. The van der Waals surface area contributed by atoms with Crippen molar-refractivity contribution in [3.8, 4) is 11.8 Å². The third-order valence-electron chi connectivity index (χ3n) is 4.73. The van der Waals surface area contributed by atoms with Crippen LogP contribution in [-0.4, -0.2) is 18.4 Å². The van der Waals surface area contributed by atoms with Crippen molar-refractivity contribution in [2.45, 2.75) is 13.8 Å². The van der Waals surface area contributed by atoms with E-state index in [4.69, 9.17) is 27.9 Å². The van der Waals surface area contributed by atoms with Crippen LogP contribution in [0.15, 0.2) is 66.2 Å². The molecule has 3 rings (SSSR count). The van der Waals surface area contributed by atoms with E-state index in [9.17, 15) is 14.9 Å². The minimum Gasteiger partial charge on any atom is -0.483 e. The fourth-order valence-corrected chi connectivity index (χ4v) is 3.49. The van der Waals surface area contributed by atoms with E-state index < -0.39 is 5.91 Å². The zero-order chi connectivity index (χ0) is 24.7. The number of hydrogen-bond acceptors (Lipinski definition) is 4. The molecule has 0 aliphatic carbocycles. The van der Waals surface area contributed by atoms with Gasteiger partial charge in [-0.2, -0.15) is 5.26 Å². The SMILES string of the molecule is Cc1ccc(NC(=O)COc2ccc(Cl)cc2/C=C(/C#N)C(=O)Nc2cccc(Cl)c2)c(C)c1. The average Bonchev–Trinajstić information content (AvgIpc) is 2.78. The van der Waals surface area contributed by atoms with Crippen LogP contribution in [0.1, 0.15) is 16.7 Å². The second-order valence-electron chi connectivity index (χ2n) is 7.47. The van der Waals surface area contributed by atoms with E-state index in [0.29, 0.717) is 32.7 Å².